The zero-order valence-corrected chi connectivity index (χ0v) is 5.01. The molecule has 0 aliphatic carbocycles. The number of rotatable bonds is 2. The first kappa shape index (κ1) is 7.94. The van der Waals surface area contributed by atoms with Crippen molar-refractivity contribution in [2.75, 3.05) is 13.7 Å². The number of amides is 1. The summed E-state index contributed by atoms with van der Waals surface area (Å²) < 4.78 is 4.19. The lowest BCUT2D eigenvalue weighted by atomic mass is 10.6. The van der Waals surface area contributed by atoms with Crippen molar-refractivity contribution < 1.29 is 14.3 Å². The van der Waals surface area contributed by atoms with E-state index in [0.29, 0.717) is 0 Å². The van der Waals surface area contributed by atoms with Gasteiger partial charge in [0.15, 0.2) is 0 Å². The molecule has 0 aromatic carbocycles. The number of ether oxygens (including phenoxy) is 1. The van der Waals surface area contributed by atoms with Crippen LogP contribution in [0.4, 0.5) is 0 Å². The summed E-state index contributed by atoms with van der Waals surface area (Å²) in [6.45, 7) is 4.46. The Morgan fingerprint density at radius 1 is 1.67 bits per heavy atom. The molecule has 4 heteroatoms. The average molecular weight is 129 g/mol. The number of carbonyl (C=O) groups is 2. The molecular formula is C5H7NO3. The first-order chi connectivity index (χ1) is 4.16. The van der Waals surface area contributed by atoms with Gasteiger partial charge in [-0.05, 0) is 0 Å². The molecule has 0 spiro atoms. The highest BCUT2D eigenvalue weighted by Crippen LogP contribution is 1.68. The third kappa shape index (κ3) is 4.80. The molecule has 0 rings (SSSR count). The predicted molar refractivity (Wildman–Crippen MR) is 29.3 cm³/mol. The predicted octanol–water partition coefficient (Wildman–Crippen LogP) is -1.01. The number of nitrogens with one attached hydrogen (secondary N) is 1. The van der Waals surface area contributed by atoms with Gasteiger partial charge in [0.05, 0.1) is 14.0 Å². The zero-order chi connectivity index (χ0) is 7.28. The van der Waals surface area contributed by atoms with Crippen LogP contribution in [-0.2, 0) is 14.3 Å². The van der Waals surface area contributed by atoms with E-state index in [9.17, 15) is 9.59 Å². The number of carbonyl (C=O) groups excluding carboxylic acids is 2. The molecule has 2 radical (unpaired) electrons. The standard InChI is InChI=1S/C5H7NO3/c1-4(7)6-3-5(8)9-2/h1H,3H2,2H3,(H,6,7). The van der Waals surface area contributed by atoms with Gasteiger partial charge in [-0.25, -0.2) is 0 Å². The van der Waals surface area contributed by atoms with Crippen molar-refractivity contribution in [3.63, 3.8) is 0 Å². The maximum absolute atomic E-state index is 10.2. The van der Waals surface area contributed by atoms with Crippen LogP contribution in [0.25, 0.3) is 0 Å². The summed E-state index contributed by atoms with van der Waals surface area (Å²) in [7, 11) is 1.23. The van der Waals surface area contributed by atoms with Crippen LogP contribution in [0, 0.1) is 6.92 Å². The fraction of sp³-hybridized carbons (Fsp3) is 0.400. The van der Waals surface area contributed by atoms with Gasteiger partial charge in [0, 0.05) is 0 Å². The van der Waals surface area contributed by atoms with Crippen LogP contribution in [0.5, 0.6) is 0 Å². The number of hydrogen-bond acceptors (Lipinski definition) is 3. The third-order valence-corrected chi connectivity index (χ3v) is 0.635. The van der Waals surface area contributed by atoms with Crippen molar-refractivity contribution in [2.45, 2.75) is 0 Å². The van der Waals surface area contributed by atoms with Crippen LogP contribution in [0.15, 0.2) is 0 Å². The average Bonchev–Trinajstić information content (AvgIpc) is 1.83. The quantitative estimate of drug-likeness (QED) is 0.486. The Hall–Kier alpha value is -1.06. The van der Waals surface area contributed by atoms with Crippen molar-refractivity contribution in [3.8, 4) is 0 Å². The molecule has 0 aliphatic heterocycles. The van der Waals surface area contributed by atoms with Crippen LogP contribution < -0.4 is 5.32 Å². The molecule has 1 N–H and O–H groups in total. The van der Waals surface area contributed by atoms with Crippen LogP contribution in [0.1, 0.15) is 0 Å². The molecule has 0 unspecified atom stereocenters. The Bertz CT molecular complexity index is 121. The SMILES string of the molecule is [CH]C(=O)NCC(=O)OC. The lowest BCUT2D eigenvalue weighted by molar-refractivity contribution is -0.140. The van der Waals surface area contributed by atoms with Crippen molar-refractivity contribution >= 4 is 11.9 Å². The molecule has 1 amide bonds. The first-order valence-corrected chi connectivity index (χ1v) is 2.27. The van der Waals surface area contributed by atoms with Gasteiger partial charge in [0.25, 0.3) is 0 Å². The normalized spacial score (nSPS) is 8.22. The van der Waals surface area contributed by atoms with Crippen LogP contribution in [0.3, 0.4) is 0 Å². The molecule has 0 aromatic heterocycles. The molecular weight excluding hydrogens is 122 g/mol. The molecule has 0 bridgehead atoms. The minimum atomic E-state index is -0.736. The second kappa shape index (κ2) is 3.88. The van der Waals surface area contributed by atoms with Crippen LogP contribution >= 0.6 is 0 Å². The van der Waals surface area contributed by atoms with Crippen LogP contribution in [0.2, 0.25) is 0 Å². The lowest BCUT2D eigenvalue weighted by Crippen LogP contribution is -2.27. The highest BCUT2D eigenvalue weighted by Gasteiger charge is 1.98. The third-order valence-electron chi connectivity index (χ3n) is 0.635. The Morgan fingerprint density at radius 3 is 2.56 bits per heavy atom. The molecule has 4 nitrogen and oxygen atoms in total. The molecule has 0 saturated carbocycles. The Labute approximate surface area is 53.2 Å². The van der Waals surface area contributed by atoms with E-state index in [1.165, 1.54) is 7.11 Å². The highest BCUT2D eigenvalue weighted by molar-refractivity contribution is 5.84. The van der Waals surface area contributed by atoms with Crippen molar-refractivity contribution in [2.24, 2.45) is 0 Å². The van der Waals surface area contributed by atoms with Crippen molar-refractivity contribution in [1.82, 2.24) is 5.32 Å². The maximum atomic E-state index is 10.2. The molecule has 50 valence electrons. The van der Waals surface area contributed by atoms with E-state index in [4.69, 9.17) is 0 Å². The van der Waals surface area contributed by atoms with Crippen molar-refractivity contribution in [3.05, 3.63) is 6.92 Å². The Balaban J connectivity index is 3.28. The summed E-state index contributed by atoms with van der Waals surface area (Å²) in [4.78, 5) is 20.1. The van der Waals surface area contributed by atoms with Gasteiger partial charge in [0.1, 0.15) is 6.54 Å². The van der Waals surface area contributed by atoms with E-state index in [0.717, 1.165) is 0 Å². The minimum Gasteiger partial charge on any atom is -0.468 e. The van der Waals surface area contributed by atoms with Gasteiger partial charge in [-0.15, -0.1) is 0 Å². The van der Waals surface area contributed by atoms with Gasteiger partial charge in [0.2, 0.25) is 5.91 Å². The molecule has 0 fully saturated rings. The van der Waals surface area contributed by atoms with Gasteiger partial charge in [-0.3, -0.25) is 9.59 Å². The lowest BCUT2D eigenvalue weighted by Gasteiger charge is -1.97. The minimum absolute atomic E-state index is 0.175. The van der Waals surface area contributed by atoms with E-state index < -0.39 is 11.9 Å². The molecule has 0 saturated heterocycles. The highest BCUT2D eigenvalue weighted by atomic mass is 16.5. The van der Waals surface area contributed by atoms with Crippen molar-refractivity contribution in [1.29, 1.82) is 0 Å². The summed E-state index contributed by atoms with van der Waals surface area (Å²) in [6, 6.07) is 0. The second-order valence-electron chi connectivity index (χ2n) is 1.29. The summed E-state index contributed by atoms with van der Waals surface area (Å²) >= 11 is 0. The zero-order valence-electron chi connectivity index (χ0n) is 5.01. The monoisotopic (exact) mass is 129 g/mol. The van der Waals surface area contributed by atoms with E-state index in [1.54, 1.807) is 0 Å². The van der Waals surface area contributed by atoms with E-state index in [-0.39, 0.29) is 6.54 Å². The Morgan fingerprint density at radius 2 is 2.22 bits per heavy atom. The smallest absolute Gasteiger partial charge is 0.325 e. The number of methoxy groups -OCH3 is 1. The molecule has 0 atom stereocenters. The Kier molecular flexibility index (Phi) is 3.43. The second-order valence-corrected chi connectivity index (χ2v) is 1.29. The topological polar surface area (TPSA) is 55.4 Å². The van der Waals surface area contributed by atoms with Crippen LogP contribution in [-0.4, -0.2) is 25.5 Å². The van der Waals surface area contributed by atoms with Gasteiger partial charge in [-0.1, -0.05) is 0 Å². The van der Waals surface area contributed by atoms with E-state index in [1.807, 2.05) is 0 Å². The molecule has 0 heterocycles. The van der Waals surface area contributed by atoms with Gasteiger partial charge in [-0.2, -0.15) is 0 Å². The number of hydrogen-bond donors (Lipinski definition) is 1. The van der Waals surface area contributed by atoms with E-state index >= 15 is 0 Å². The largest absolute Gasteiger partial charge is 0.468 e. The first-order valence-electron chi connectivity index (χ1n) is 2.27. The fourth-order valence-corrected chi connectivity index (χ4v) is 0.231. The molecule has 9 heavy (non-hydrogen) atoms. The summed E-state index contributed by atoms with van der Waals surface area (Å²) in [5.74, 6) is -1.26. The summed E-state index contributed by atoms with van der Waals surface area (Å²) in [6.07, 6.45) is 0. The van der Waals surface area contributed by atoms with E-state index in [2.05, 4.69) is 17.0 Å². The fourth-order valence-electron chi connectivity index (χ4n) is 0.231. The molecule has 0 aromatic rings. The van der Waals surface area contributed by atoms with Gasteiger partial charge < -0.3 is 10.1 Å². The maximum Gasteiger partial charge on any atom is 0.325 e. The summed E-state index contributed by atoms with van der Waals surface area (Å²) in [5.41, 5.74) is 0. The summed E-state index contributed by atoms with van der Waals surface area (Å²) in [5, 5.41) is 2.06. The molecule has 0 aliphatic rings. The van der Waals surface area contributed by atoms with Gasteiger partial charge >= 0.3 is 5.97 Å². The number of esters is 1.